The standard InChI is InChI=1S/C18H20N6O.3ClH/c1-2-25-15-3-4-16(21-11-15)18-23-22-17(12-9-13(19)10-12)24(18)14-5-7-20-8-6-14;;;/h3-8,11-13H,2,9-10,19H2,1H3;3*1H. The van der Waals surface area contributed by atoms with Crippen LogP contribution in [-0.2, 0) is 0 Å². The molecule has 10 heteroatoms. The largest absolute Gasteiger partial charge is 0.492 e. The second-order valence-corrected chi connectivity index (χ2v) is 6.16. The SMILES string of the molecule is CCOc1ccc(-c2nnc(C3CC(N)C3)n2-c2ccncc2)nc1.Cl.Cl.Cl. The van der Waals surface area contributed by atoms with Crippen LogP contribution in [0.4, 0.5) is 0 Å². The molecule has 0 unspecified atom stereocenters. The van der Waals surface area contributed by atoms with Gasteiger partial charge in [0.05, 0.1) is 18.5 Å². The van der Waals surface area contributed by atoms with Crippen LogP contribution in [0.15, 0.2) is 42.9 Å². The van der Waals surface area contributed by atoms with E-state index in [0.717, 1.165) is 35.8 Å². The highest BCUT2D eigenvalue weighted by atomic mass is 35.5. The van der Waals surface area contributed by atoms with Crippen LogP contribution in [0.25, 0.3) is 17.2 Å². The molecule has 2 N–H and O–H groups in total. The summed E-state index contributed by atoms with van der Waals surface area (Å²) in [5.74, 6) is 2.71. The molecule has 0 bridgehead atoms. The molecule has 0 amide bonds. The molecule has 3 heterocycles. The smallest absolute Gasteiger partial charge is 0.187 e. The van der Waals surface area contributed by atoms with Gasteiger partial charge in [-0.1, -0.05) is 0 Å². The third kappa shape index (κ3) is 4.72. The maximum atomic E-state index is 5.96. The Labute approximate surface area is 182 Å². The Bertz CT molecular complexity index is 854. The first-order valence-corrected chi connectivity index (χ1v) is 8.46. The maximum absolute atomic E-state index is 5.96. The van der Waals surface area contributed by atoms with Gasteiger partial charge in [-0.15, -0.1) is 47.4 Å². The molecule has 3 aromatic heterocycles. The molecular weight excluding hydrogens is 423 g/mol. The molecule has 1 aliphatic carbocycles. The van der Waals surface area contributed by atoms with Gasteiger partial charge in [-0.3, -0.25) is 9.55 Å². The average Bonchev–Trinajstić information content (AvgIpc) is 3.05. The topological polar surface area (TPSA) is 91.7 Å². The number of hydrogen-bond donors (Lipinski definition) is 1. The van der Waals surface area contributed by atoms with E-state index in [1.54, 1.807) is 18.6 Å². The van der Waals surface area contributed by atoms with Crippen LogP contribution in [-0.4, -0.2) is 37.4 Å². The molecule has 1 saturated carbocycles. The van der Waals surface area contributed by atoms with Gasteiger partial charge in [0.25, 0.3) is 0 Å². The van der Waals surface area contributed by atoms with Crippen LogP contribution in [0.1, 0.15) is 31.5 Å². The van der Waals surface area contributed by atoms with Gasteiger partial charge in [0.1, 0.15) is 17.3 Å². The fourth-order valence-electron chi connectivity index (χ4n) is 3.11. The number of pyridine rings is 2. The summed E-state index contributed by atoms with van der Waals surface area (Å²) in [5.41, 5.74) is 7.69. The van der Waals surface area contributed by atoms with E-state index in [-0.39, 0.29) is 43.3 Å². The van der Waals surface area contributed by atoms with E-state index in [2.05, 4.69) is 24.7 Å². The highest BCUT2D eigenvalue weighted by molar-refractivity contribution is 5.86. The summed E-state index contributed by atoms with van der Waals surface area (Å²) in [7, 11) is 0. The summed E-state index contributed by atoms with van der Waals surface area (Å²) in [6.45, 7) is 2.56. The number of nitrogens with two attached hydrogens (primary N) is 1. The van der Waals surface area contributed by atoms with Crippen LogP contribution in [0, 0.1) is 0 Å². The Morgan fingerprint density at radius 1 is 1.07 bits per heavy atom. The first-order valence-electron chi connectivity index (χ1n) is 8.46. The van der Waals surface area contributed by atoms with E-state index in [4.69, 9.17) is 10.5 Å². The molecule has 3 aromatic rings. The predicted octanol–water partition coefficient (Wildman–Crippen LogP) is 3.59. The normalized spacial score (nSPS) is 17.4. The number of hydrogen-bond acceptors (Lipinski definition) is 6. The first kappa shape index (κ1) is 24.1. The third-order valence-corrected chi connectivity index (χ3v) is 4.43. The Morgan fingerprint density at radius 3 is 2.36 bits per heavy atom. The zero-order chi connectivity index (χ0) is 17.2. The lowest BCUT2D eigenvalue weighted by Crippen LogP contribution is -2.36. The second-order valence-electron chi connectivity index (χ2n) is 6.16. The number of rotatable bonds is 5. The van der Waals surface area contributed by atoms with E-state index in [0.29, 0.717) is 18.3 Å². The predicted molar refractivity (Wildman–Crippen MR) is 115 cm³/mol. The Kier molecular flexibility index (Phi) is 9.10. The van der Waals surface area contributed by atoms with Crippen LogP contribution in [0.2, 0.25) is 0 Å². The molecule has 4 rings (SSSR count). The zero-order valence-corrected chi connectivity index (χ0v) is 17.7. The van der Waals surface area contributed by atoms with Crippen molar-refractivity contribution in [3.63, 3.8) is 0 Å². The van der Waals surface area contributed by atoms with Crippen molar-refractivity contribution in [2.75, 3.05) is 6.61 Å². The molecule has 28 heavy (non-hydrogen) atoms. The maximum Gasteiger partial charge on any atom is 0.187 e. The van der Waals surface area contributed by atoms with E-state index in [9.17, 15) is 0 Å². The molecule has 1 aliphatic rings. The van der Waals surface area contributed by atoms with E-state index < -0.39 is 0 Å². The Hall–Kier alpha value is -1.93. The molecule has 152 valence electrons. The van der Waals surface area contributed by atoms with E-state index in [1.807, 2.05) is 31.2 Å². The summed E-state index contributed by atoms with van der Waals surface area (Å²) in [4.78, 5) is 8.60. The fraction of sp³-hybridized carbons (Fsp3) is 0.333. The van der Waals surface area contributed by atoms with Crippen LogP contribution in [0.5, 0.6) is 5.75 Å². The summed E-state index contributed by atoms with van der Waals surface area (Å²) in [6, 6.07) is 7.95. The van der Waals surface area contributed by atoms with Crippen molar-refractivity contribution >= 4 is 37.2 Å². The number of nitrogens with zero attached hydrogens (tertiary/aromatic N) is 5. The zero-order valence-electron chi connectivity index (χ0n) is 15.3. The van der Waals surface area contributed by atoms with Crippen molar-refractivity contribution in [2.45, 2.75) is 31.7 Å². The Morgan fingerprint density at radius 2 is 1.79 bits per heavy atom. The van der Waals surface area contributed by atoms with Gasteiger partial charge < -0.3 is 10.5 Å². The van der Waals surface area contributed by atoms with Crippen molar-refractivity contribution in [2.24, 2.45) is 5.73 Å². The summed E-state index contributed by atoms with van der Waals surface area (Å²) in [6.07, 6.45) is 7.10. The number of ether oxygens (including phenoxy) is 1. The molecular formula is C18H23Cl3N6O. The molecule has 0 radical (unpaired) electrons. The monoisotopic (exact) mass is 444 g/mol. The minimum Gasteiger partial charge on any atom is -0.492 e. The van der Waals surface area contributed by atoms with Crippen molar-refractivity contribution in [3.8, 4) is 23.0 Å². The lowest BCUT2D eigenvalue weighted by molar-refractivity contribution is 0.335. The fourth-order valence-corrected chi connectivity index (χ4v) is 3.11. The van der Waals surface area contributed by atoms with Crippen LogP contribution in [0.3, 0.4) is 0 Å². The summed E-state index contributed by atoms with van der Waals surface area (Å²) in [5, 5.41) is 8.86. The minimum atomic E-state index is 0. The molecule has 7 nitrogen and oxygen atoms in total. The van der Waals surface area contributed by atoms with Crippen LogP contribution < -0.4 is 10.5 Å². The minimum absolute atomic E-state index is 0. The first-order chi connectivity index (χ1) is 12.3. The molecule has 0 spiro atoms. The van der Waals surface area contributed by atoms with Crippen molar-refractivity contribution in [1.82, 2.24) is 24.7 Å². The van der Waals surface area contributed by atoms with Gasteiger partial charge in [0.15, 0.2) is 5.82 Å². The van der Waals surface area contributed by atoms with Gasteiger partial charge >= 0.3 is 0 Å². The van der Waals surface area contributed by atoms with Gasteiger partial charge in [-0.05, 0) is 44.0 Å². The molecule has 0 aromatic carbocycles. The van der Waals surface area contributed by atoms with E-state index >= 15 is 0 Å². The highest BCUT2D eigenvalue weighted by Crippen LogP contribution is 2.37. The molecule has 0 saturated heterocycles. The quantitative estimate of drug-likeness (QED) is 0.645. The summed E-state index contributed by atoms with van der Waals surface area (Å²) >= 11 is 0. The van der Waals surface area contributed by atoms with Gasteiger partial charge in [-0.2, -0.15) is 0 Å². The Balaban J connectivity index is 0.00000131. The van der Waals surface area contributed by atoms with Gasteiger partial charge in [0, 0.05) is 24.4 Å². The van der Waals surface area contributed by atoms with Crippen molar-refractivity contribution in [1.29, 1.82) is 0 Å². The third-order valence-electron chi connectivity index (χ3n) is 4.43. The van der Waals surface area contributed by atoms with Gasteiger partial charge in [-0.25, -0.2) is 4.98 Å². The number of halogens is 3. The highest BCUT2D eigenvalue weighted by Gasteiger charge is 2.33. The second kappa shape index (κ2) is 10.6. The van der Waals surface area contributed by atoms with Crippen molar-refractivity contribution < 1.29 is 4.74 Å². The van der Waals surface area contributed by atoms with E-state index in [1.165, 1.54) is 0 Å². The molecule has 0 atom stereocenters. The van der Waals surface area contributed by atoms with Gasteiger partial charge in [0.2, 0.25) is 0 Å². The number of aromatic nitrogens is 5. The van der Waals surface area contributed by atoms with Crippen molar-refractivity contribution in [3.05, 3.63) is 48.7 Å². The summed E-state index contributed by atoms with van der Waals surface area (Å²) < 4.78 is 7.52. The average molecular weight is 446 g/mol. The molecule has 0 aliphatic heterocycles. The molecule has 1 fully saturated rings. The lowest BCUT2D eigenvalue weighted by atomic mass is 9.80. The lowest BCUT2D eigenvalue weighted by Gasteiger charge is -2.31. The van der Waals surface area contributed by atoms with Crippen LogP contribution >= 0.6 is 37.2 Å².